The lowest BCUT2D eigenvalue weighted by molar-refractivity contribution is 0.634. The summed E-state index contributed by atoms with van der Waals surface area (Å²) in [5.41, 5.74) is 5.29. The first-order valence-electron chi connectivity index (χ1n) is 13.4. The van der Waals surface area contributed by atoms with E-state index in [1.807, 2.05) is 0 Å². The molecule has 0 unspecified atom stereocenters. The number of unbranched alkanes of at least 4 members (excludes halogenated alkanes) is 3. The van der Waals surface area contributed by atoms with Crippen LogP contribution in [-0.4, -0.2) is 27.2 Å². The minimum absolute atomic E-state index is 0.365. The summed E-state index contributed by atoms with van der Waals surface area (Å²) in [7, 11) is 4.41. The minimum atomic E-state index is 0.365. The normalized spacial score (nSPS) is 15.3. The molecule has 36 heavy (non-hydrogen) atoms. The van der Waals surface area contributed by atoms with Crippen molar-refractivity contribution in [3.05, 3.63) is 133 Å². The number of benzene rings is 2. The van der Waals surface area contributed by atoms with Crippen molar-refractivity contribution in [3.8, 4) is 0 Å². The van der Waals surface area contributed by atoms with Gasteiger partial charge in [-0.1, -0.05) is 110 Å². The van der Waals surface area contributed by atoms with E-state index in [1.54, 1.807) is 0 Å². The van der Waals surface area contributed by atoms with Crippen LogP contribution in [0.1, 0.15) is 48.6 Å². The number of hydrogen-bond acceptors (Lipinski definition) is 2. The molecular weight excluding hydrogens is 436 g/mol. The highest BCUT2D eigenvalue weighted by Gasteiger charge is 2.08. The first-order chi connectivity index (χ1) is 17.7. The van der Waals surface area contributed by atoms with Crippen LogP contribution in [0.25, 0.3) is 0 Å². The van der Waals surface area contributed by atoms with E-state index in [0.717, 1.165) is 13.1 Å². The predicted molar refractivity (Wildman–Crippen MR) is 158 cm³/mol. The SMILES string of the molecule is CN(CCCCCCN(C)c1ccc(C2C=CC=CC=C2)cc1)c1ccc(C2C=CC=CC=C2)cc1. The second kappa shape index (κ2) is 13.5. The lowest BCUT2D eigenvalue weighted by atomic mass is 9.98. The number of nitrogens with zero attached hydrogens (tertiary/aromatic N) is 2. The van der Waals surface area contributed by atoms with Crippen molar-refractivity contribution in [3.63, 3.8) is 0 Å². The molecule has 2 nitrogen and oxygen atoms in total. The smallest absolute Gasteiger partial charge is 0.0363 e. The molecule has 186 valence electrons. The van der Waals surface area contributed by atoms with Gasteiger partial charge in [0.15, 0.2) is 0 Å². The highest BCUT2D eigenvalue weighted by molar-refractivity contribution is 5.50. The molecule has 0 spiro atoms. The Morgan fingerprint density at radius 3 is 1.11 bits per heavy atom. The number of hydrogen-bond donors (Lipinski definition) is 0. The van der Waals surface area contributed by atoms with Gasteiger partial charge in [0, 0.05) is 50.4 Å². The maximum absolute atomic E-state index is 2.38. The highest BCUT2D eigenvalue weighted by atomic mass is 15.1. The van der Waals surface area contributed by atoms with E-state index in [9.17, 15) is 0 Å². The first kappa shape index (κ1) is 25.6. The topological polar surface area (TPSA) is 6.48 Å². The van der Waals surface area contributed by atoms with E-state index in [1.165, 1.54) is 48.2 Å². The van der Waals surface area contributed by atoms with Gasteiger partial charge in [-0.2, -0.15) is 0 Å². The number of rotatable bonds is 11. The minimum Gasteiger partial charge on any atom is -0.375 e. The molecule has 0 saturated heterocycles. The molecule has 0 heterocycles. The van der Waals surface area contributed by atoms with Gasteiger partial charge in [-0.05, 0) is 48.2 Å². The summed E-state index contributed by atoms with van der Waals surface area (Å²) >= 11 is 0. The quantitative estimate of drug-likeness (QED) is 0.301. The fourth-order valence-electron chi connectivity index (χ4n) is 4.78. The van der Waals surface area contributed by atoms with E-state index in [4.69, 9.17) is 0 Å². The van der Waals surface area contributed by atoms with Crippen molar-refractivity contribution in [2.24, 2.45) is 0 Å². The molecule has 2 aliphatic carbocycles. The molecule has 0 saturated carbocycles. The molecule has 0 aliphatic heterocycles. The molecule has 0 bridgehead atoms. The highest BCUT2D eigenvalue weighted by Crippen LogP contribution is 2.25. The average Bonchev–Trinajstić information content (AvgIpc) is 3.36. The molecule has 0 fully saturated rings. The largest absolute Gasteiger partial charge is 0.375 e. The van der Waals surface area contributed by atoms with Crippen LogP contribution in [0.3, 0.4) is 0 Å². The Bertz CT molecular complexity index is 989. The molecule has 2 aromatic carbocycles. The van der Waals surface area contributed by atoms with Crippen LogP contribution in [0.15, 0.2) is 121 Å². The molecule has 0 radical (unpaired) electrons. The number of allylic oxidation sites excluding steroid dienone is 12. The van der Waals surface area contributed by atoms with Crippen LogP contribution in [0, 0.1) is 0 Å². The molecule has 4 rings (SSSR count). The van der Waals surface area contributed by atoms with Gasteiger partial charge in [-0.25, -0.2) is 0 Å². The Kier molecular flexibility index (Phi) is 9.61. The molecule has 0 amide bonds. The molecular formula is C34H40N2. The Morgan fingerprint density at radius 1 is 0.444 bits per heavy atom. The summed E-state index contributed by atoms with van der Waals surface area (Å²) in [5, 5.41) is 0. The zero-order chi connectivity index (χ0) is 25.0. The van der Waals surface area contributed by atoms with Crippen LogP contribution in [-0.2, 0) is 0 Å². The summed E-state index contributed by atoms with van der Waals surface area (Å²) in [6.07, 6.45) is 30.8. The summed E-state index contributed by atoms with van der Waals surface area (Å²) < 4.78 is 0. The van der Waals surface area contributed by atoms with E-state index < -0.39 is 0 Å². The molecule has 2 aliphatic rings. The Hall–Kier alpha value is -3.52. The second-order valence-corrected chi connectivity index (χ2v) is 9.80. The maximum atomic E-state index is 2.38. The third kappa shape index (κ3) is 7.49. The van der Waals surface area contributed by atoms with E-state index in [-0.39, 0.29) is 0 Å². The van der Waals surface area contributed by atoms with Gasteiger partial charge in [0.05, 0.1) is 0 Å². The van der Waals surface area contributed by atoms with Crippen molar-refractivity contribution in [2.75, 3.05) is 37.0 Å². The summed E-state index contributed by atoms with van der Waals surface area (Å²) in [6.45, 7) is 2.20. The molecule has 0 atom stereocenters. The van der Waals surface area contributed by atoms with Crippen molar-refractivity contribution in [2.45, 2.75) is 37.5 Å². The van der Waals surface area contributed by atoms with Crippen LogP contribution in [0.5, 0.6) is 0 Å². The van der Waals surface area contributed by atoms with Gasteiger partial charge < -0.3 is 9.80 Å². The molecule has 2 heteroatoms. The van der Waals surface area contributed by atoms with Crippen molar-refractivity contribution >= 4 is 11.4 Å². The lowest BCUT2D eigenvalue weighted by Crippen LogP contribution is -2.19. The van der Waals surface area contributed by atoms with Crippen molar-refractivity contribution in [1.29, 1.82) is 0 Å². The molecule has 0 aromatic heterocycles. The zero-order valence-electron chi connectivity index (χ0n) is 21.8. The van der Waals surface area contributed by atoms with E-state index in [2.05, 4.69) is 145 Å². The second-order valence-electron chi connectivity index (χ2n) is 9.80. The first-order valence-corrected chi connectivity index (χ1v) is 13.4. The van der Waals surface area contributed by atoms with Gasteiger partial charge in [0.1, 0.15) is 0 Å². The van der Waals surface area contributed by atoms with Gasteiger partial charge in [0.2, 0.25) is 0 Å². The Labute approximate surface area is 218 Å². The maximum Gasteiger partial charge on any atom is 0.0363 e. The third-order valence-electron chi connectivity index (χ3n) is 7.12. The average molecular weight is 477 g/mol. The van der Waals surface area contributed by atoms with Crippen molar-refractivity contribution in [1.82, 2.24) is 0 Å². The third-order valence-corrected chi connectivity index (χ3v) is 7.12. The van der Waals surface area contributed by atoms with Crippen LogP contribution in [0.2, 0.25) is 0 Å². The van der Waals surface area contributed by atoms with Crippen molar-refractivity contribution < 1.29 is 0 Å². The van der Waals surface area contributed by atoms with E-state index in [0.29, 0.717) is 11.8 Å². The summed E-state index contributed by atoms with van der Waals surface area (Å²) in [6, 6.07) is 18.1. The Morgan fingerprint density at radius 2 is 0.778 bits per heavy atom. The van der Waals surface area contributed by atoms with Crippen LogP contribution in [0.4, 0.5) is 11.4 Å². The van der Waals surface area contributed by atoms with Gasteiger partial charge in [-0.3, -0.25) is 0 Å². The fourth-order valence-corrected chi connectivity index (χ4v) is 4.78. The standard InChI is InChI=1S/C34H40N2/c1-35(33-23-19-31(20-24-33)29-15-9-3-4-10-16-29)27-13-7-8-14-28-36(2)34-25-21-32(22-26-34)30-17-11-5-6-12-18-30/h3-6,9-12,15-26,29-30H,7-8,13-14,27-28H2,1-2H3. The predicted octanol–water partition coefficient (Wildman–Crippen LogP) is 8.35. The van der Waals surface area contributed by atoms with Gasteiger partial charge >= 0.3 is 0 Å². The fraction of sp³-hybridized carbons (Fsp3) is 0.294. The summed E-state index contributed by atoms with van der Waals surface area (Å²) in [5.74, 6) is 0.729. The number of anilines is 2. The summed E-state index contributed by atoms with van der Waals surface area (Å²) in [4.78, 5) is 4.76. The van der Waals surface area contributed by atoms with Gasteiger partial charge in [-0.15, -0.1) is 0 Å². The zero-order valence-corrected chi connectivity index (χ0v) is 21.8. The van der Waals surface area contributed by atoms with Gasteiger partial charge in [0.25, 0.3) is 0 Å². The lowest BCUT2D eigenvalue weighted by Gasteiger charge is -2.21. The van der Waals surface area contributed by atoms with Crippen LogP contribution >= 0.6 is 0 Å². The van der Waals surface area contributed by atoms with E-state index >= 15 is 0 Å². The monoisotopic (exact) mass is 476 g/mol. The molecule has 2 aromatic rings. The Balaban J connectivity index is 1.13. The van der Waals surface area contributed by atoms with Crippen LogP contribution < -0.4 is 9.80 Å². The molecule has 0 N–H and O–H groups in total.